The van der Waals surface area contributed by atoms with E-state index < -0.39 is 0 Å². The van der Waals surface area contributed by atoms with Crippen LogP contribution in [0.15, 0.2) is 0 Å². The fraction of sp³-hybridized carbons (Fsp3) is 1.00. The molecular formula is C11H23N2Rf-. The topological polar surface area (TPSA) is 17.3 Å². The molecule has 0 unspecified atom stereocenters. The smallest absolute Gasteiger partial charge is 0 e. The van der Waals surface area contributed by atoms with Crippen LogP contribution < -0.4 is 0 Å². The van der Waals surface area contributed by atoms with Crippen LogP contribution in [-0.4, -0.2) is 36.6 Å². The molecule has 0 amide bonds. The Morgan fingerprint density at radius 3 is 2.29 bits per heavy atom. The molecule has 1 heterocycles. The van der Waals surface area contributed by atoms with Crippen LogP contribution in [0.25, 0.3) is 5.32 Å². The summed E-state index contributed by atoms with van der Waals surface area (Å²) in [4.78, 5) is 2.56. The maximum atomic E-state index is 4.70. The van der Waals surface area contributed by atoms with Crippen molar-refractivity contribution in [3.63, 3.8) is 0 Å². The Hall–Kier alpha value is -1.08. The van der Waals surface area contributed by atoms with Crippen LogP contribution in [0.2, 0.25) is 0 Å². The van der Waals surface area contributed by atoms with Gasteiger partial charge in [0.1, 0.15) is 0 Å². The van der Waals surface area contributed by atoms with Gasteiger partial charge < -0.3 is 10.2 Å². The molecule has 1 rings (SSSR count). The molecule has 0 N–H and O–H groups in total. The first kappa shape index (κ1) is 12.9. The molecule has 0 atom stereocenters. The molecule has 14 heavy (non-hydrogen) atoms. The predicted octanol–water partition coefficient (Wildman–Crippen LogP) is 2.64. The maximum Gasteiger partial charge on any atom is 0 e. The van der Waals surface area contributed by atoms with E-state index in [4.69, 9.17) is 5.32 Å². The number of nitrogens with zero attached hydrogens (tertiary/aromatic N) is 2. The molecule has 0 bridgehead atoms. The van der Waals surface area contributed by atoms with E-state index in [-0.39, 0.29) is 0 Å². The van der Waals surface area contributed by atoms with Crippen LogP contribution in [0, 0.1) is 0 Å². The van der Waals surface area contributed by atoms with E-state index in [0.29, 0.717) is 12.1 Å². The van der Waals surface area contributed by atoms with Gasteiger partial charge in [0.15, 0.2) is 0 Å². The van der Waals surface area contributed by atoms with Crippen LogP contribution in [0.5, 0.6) is 0 Å². The Labute approximate surface area is 82.7 Å². The Morgan fingerprint density at radius 2 is 1.86 bits per heavy atom. The Balaban J connectivity index is 0.00000169. The van der Waals surface area contributed by atoms with Crippen LogP contribution in [0.3, 0.4) is 0 Å². The summed E-state index contributed by atoms with van der Waals surface area (Å²) >= 11 is 0. The molecule has 0 aliphatic carbocycles. The molecule has 1 fully saturated rings. The zero-order chi connectivity index (χ0) is 9.68. The largest absolute Gasteiger partial charge is 0.657 e. The normalized spacial score (nSPS) is 19.7. The van der Waals surface area contributed by atoms with Gasteiger partial charge in [0.05, 0.1) is 0 Å². The number of hydrogen-bond acceptors (Lipinski definition) is 1. The first-order chi connectivity index (χ1) is 6.22. The van der Waals surface area contributed by atoms with Gasteiger partial charge in [-0.1, -0.05) is 33.6 Å². The second-order valence-electron chi connectivity index (χ2n) is 4.32. The molecule has 1 saturated heterocycles. The first-order valence-electron chi connectivity index (χ1n) is 5.64. The third-order valence-electron chi connectivity index (χ3n) is 2.61. The molecule has 0 aromatic carbocycles. The van der Waals surface area contributed by atoms with E-state index in [2.05, 4.69) is 25.7 Å². The molecule has 1 aliphatic heterocycles. The van der Waals surface area contributed by atoms with Crippen molar-refractivity contribution in [2.24, 2.45) is 0 Å². The molecule has 3 heteroatoms. The first-order valence-corrected chi connectivity index (χ1v) is 5.64. The van der Waals surface area contributed by atoms with Gasteiger partial charge in [-0.05, 0) is 26.1 Å². The summed E-state index contributed by atoms with van der Waals surface area (Å²) in [6.07, 6.45) is 3.84. The summed E-state index contributed by atoms with van der Waals surface area (Å²) in [5, 5.41) is 4.70. The second kappa shape index (κ2) is 6.39. The van der Waals surface area contributed by atoms with Gasteiger partial charge in [0.25, 0.3) is 0 Å². The fourth-order valence-corrected chi connectivity index (χ4v) is 2.03. The average Bonchev–Trinajstić information content (AvgIpc) is 2.08. The Bertz CT molecular complexity index is 131. The molecule has 0 spiro atoms. The quantitative estimate of drug-likeness (QED) is 0.644. The Morgan fingerprint density at radius 1 is 1.29 bits per heavy atom. The fourth-order valence-electron chi connectivity index (χ4n) is 2.03. The van der Waals surface area contributed by atoms with Gasteiger partial charge >= 0.3 is 0 Å². The van der Waals surface area contributed by atoms with Gasteiger partial charge in [-0.3, -0.25) is 0 Å². The number of piperidine rings is 1. The van der Waals surface area contributed by atoms with Crippen molar-refractivity contribution in [1.29, 1.82) is 0 Å². The monoisotopic (exact) mass is 450 g/mol. The van der Waals surface area contributed by atoms with E-state index in [0.717, 1.165) is 0 Å². The van der Waals surface area contributed by atoms with E-state index in [9.17, 15) is 0 Å². The summed E-state index contributed by atoms with van der Waals surface area (Å²) in [5.74, 6) is 0. The van der Waals surface area contributed by atoms with Crippen LogP contribution >= 0.6 is 0 Å². The zero-order valence-corrected chi connectivity index (χ0v) is 16.4. The summed E-state index contributed by atoms with van der Waals surface area (Å²) in [5.41, 5.74) is 0. The van der Waals surface area contributed by atoms with Crippen molar-refractivity contribution < 1.29 is 0 Å². The number of rotatable bonds is 4. The summed E-state index contributed by atoms with van der Waals surface area (Å²) in [7, 11) is 0. The Kier molecular flexibility index (Phi) is 5.89. The van der Waals surface area contributed by atoms with Crippen molar-refractivity contribution in [3.05, 3.63) is 5.32 Å². The van der Waals surface area contributed by atoms with E-state index in [1.807, 2.05) is 0 Å². The molecule has 0 radical (unpaired) electrons. The van der Waals surface area contributed by atoms with E-state index >= 15 is 0 Å². The van der Waals surface area contributed by atoms with Crippen molar-refractivity contribution in [3.8, 4) is 0 Å². The number of hydrogen-bond donors (Lipinski definition) is 0. The minimum Gasteiger partial charge on any atom is -0.657 e. The van der Waals surface area contributed by atoms with Gasteiger partial charge in [0, 0.05) is 0 Å². The zero-order valence-electron chi connectivity index (χ0n) is 10.00. The maximum absolute atomic E-state index is 4.70. The van der Waals surface area contributed by atoms with Gasteiger partial charge in [-0.15, -0.1) is 12.1 Å². The number of likely N-dealkylation sites (tertiary alicyclic amines) is 1. The van der Waals surface area contributed by atoms with E-state index in [1.165, 1.54) is 38.9 Å². The van der Waals surface area contributed by atoms with Gasteiger partial charge in [-0.2, -0.15) is 0 Å². The molecular weight excluding hydrogens is 427 g/mol. The van der Waals surface area contributed by atoms with Crippen LogP contribution in [0.1, 0.15) is 40.0 Å². The average molecular weight is 450 g/mol. The van der Waals surface area contributed by atoms with E-state index in [1.54, 1.807) is 0 Å². The summed E-state index contributed by atoms with van der Waals surface area (Å²) < 4.78 is 0. The standard InChI is InChI=1S/C11H23N2.Rf/c1-4-7-13-8-5-11(6-9-13)12-10(2)3;/h10-11H,4-9H2,1-3H3;/q-1;. The van der Waals surface area contributed by atoms with Crippen LogP contribution in [0.4, 0.5) is 0 Å². The van der Waals surface area contributed by atoms with Crippen molar-refractivity contribution in [2.45, 2.75) is 52.1 Å². The van der Waals surface area contributed by atoms with Crippen LogP contribution in [-0.2, 0) is 0 Å². The molecule has 2 nitrogen and oxygen atoms in total. The molecule has 0 aromatic rings. The minimum atomic E-state index is 0. The van der Waals surface area contributed by atoms with Gasteiger partial charge in [0.2, 0.25) is 0 Å². The third-order valence-corrected chi connectivity index (χ3v) is 2.61. The molecule has 0 saturated carbocycles. The predicted molar refractivity (Wildman–Crippen MR) is 58.2 cm³/mol. The van der Waals surface area contributed by atoms with Crippen molar-refractivity contribution >= 4 is 0 Å². The van der Waals surface area contributed by atoms with Gasteiger partial charge in [-0.25, -0.2) is 0 Å². The van der Waals surface area contributed by atoms with Crippen molar-refractivity contribution in [2.75, 3.05) is 19.6 Å². The second-order valence-corrected chi connectivity index (χ2v) is 4.32. The summed E-state index contributed by atoms with van der Waals surface area (Å²) in [6.45, 7) is 10.4. The molecule has 80 valence electrons. The summed E-state index contributed by atoms with van der Waals surface area (Å²) in [6, 6.07) is 1.16. The van der Waals surface area contributed by atoms with Crippen molar-refractivity contribution in [1.82, 2.24) is 4.90 Å². The minimum absolute atomic E-state index is 0. The third kappa shape index (κ3) is 4.24. The molecule has 0 aromatic heterocycles. The molecule has 1 aliphatic rings. The SMILES string of the molecule is CCCN1CCC([N-]C(C)C)CC1.[Rf].